The molecule has 0 aromatic carbocycles. The van der Waals surface area contributed by atoms with E-state index in [0.717, 1.165) is 7.11 Å². The van der Waals surface area contributed by atoms with Crippen LogP contribution in [0.1, 0.15) is 16.8 Å². The highest BCUT2D eigenvalue weighted by Crippen LogP contribution is 2.21. The van der Waals surface area contributed by atoms with Crippen molar-refractivity contribution in [3.8, 4) is 0 Å². The zero-order chi connectivity index (χ0) is 16.0. The Bertz CT molecular complexity index is 523. The second kappa shape index (κ2) is 7.39. The number of alkyl halides is 3. The van der Waals surface area contributed by atoms with E-state index >= 15 is 0 Å². The zero-order valence-electron chi connectivity index (χ0n) is 11.0. The first-order valence-electron chi connectivity index (χ1n) is 5.78. The predicted octanol–water partition coefficient (Wildman–Crippen LogP) is 2.41. The van der Waals surface area contributed by atoms with E-state index in [9.17, 15) is 22.8 Å². The van der Waals surface area contributed by atoms with E-state index in [1.165, 1.54) is 18.3 Å². The molecule has 0 aliphatic carbocycles. The van der Waals surface area contributed by atoms with Gasteiger partial charge in [0.2, 0.25) is 0 Å². The summed E-state index contributed by atoms with van der Waals surface area (Å²) in [5, 5.41) is 0. The molecular weight excluding hydrogens is 357 g/mol. The maximum atomic E-state index is 12.6. The molecule has 9 heteroatoms. The van der Waals surface area contributed by atoms with Gasteiger partial charge in [0, 0.05) is 12.7 Å². The van der Waals surface area contributed by atoms with Gasteiger partial charge in [-0.1, -0.05) is 0 Å². The van der Waals surface area contributed by atoms with Crippen molar-refractivity contribution in [1.82, 2.24) is 9.88 Å². The van der Waals surface area contributed by atoms with Gasteiger partial charge in [-0.3, -0.25) is 9.59 Å². The van der Waals surface area contributed by atoms with Gasteiger partial charge in [0.1, 0.15) is 11.1 Å². The standard InChI is InChI=1S/C12H12BrF3N2O3/c1-21-9(19)4-6-18(7-12(14,15)16)11(20)8-3-2-5-17-10(8)13/h2-3,5H,4,6-7H2,1H3. The predicted molar refractivity (Wildman–Crippen MR) is 70.5 cm³/mol. The normalized spacial score (nSPS) is 11.1. The number of aromatic nitrogens is 1. The molecule has 1 aromatic heterocycles. The van der Waals surface area contributed by atoms with Crippen molar-refractivity contribution in [3.05, 3.63) is 28.5 Å². The topological polar surface area (TPSA) is 59.5 Å². The molecule has 1 heterocycles. The summed E-state index contributed by atoms with van der Waals surface area (Å²) in [6.45, 7) is -1.85. The van der Waals surface area contributed by atoms with Crippen molar-refractivity contribution in [2.45, 2.75) is 12.6 Å². The van der Waals surface area contributed by atoms with Crippen LogP contribution in [-0.2, 0) is 9.53 Å². The van der Waals surface area contributed by atoms with E-state index in [4.69, 9.17) is 0 Å². The minimum atomic E-state index is -4.57. The molecule has 0 spiro atoms. The van der Waals surface area contributed by atoms with Crippen LogP contribution in [-0.4, -0.2) is 48.1 Å². The molecule has 0 atom stereocenters. The van der Waals surface area contributed by atoms with Crippen LogP contribution in [0.2, 0.25) is 0 Å². The lowest BCUT2D eigenvalue weighted by Gasteiger charge is -2.23. The maximum Gasteiger partial charge on any atom is 0.406 e. The molecule has 1 aromatic rings. The summed E-state index contributed by atoms with van der Waals surface area (Å²) < 4.78 is 42.2. The Hall–Kier alpha value is -1.64. The van der Waals surface area contributed by atoms with E-state index in [2.05, 4.69) is 25.7 Å². The molecule has 0 saturated heterocycles. The summed E-state index contributed by atoms with van der Waals surface area (Å²) in [5.74, 6) is -1.56. The van der Waals surface area contributed by atoms with Crippen LogP contribution in [0.5, 0.6) is 0 Å². The molecule has 0 bridgehead atoms. The van der Waals surface area contributed by atoms with E-state index in [1.54, 1.807) is 0 Å². The van der Waals surface area contributed by atoms with Crippen LogP contribution >= 0.6 is 15.9 Å². The number of carbonyl (C=O) groups is 2. The van der Waals surface area contributed by atoms with Gasteiger partial charge in [-0.15, -0.1) is 0 Å². The molecule has 0 saturated carbocycles. The summed E-state index contributed by atoms with van der Waals surface area (Å²) in [6.07, 6.45) is -3.50. The lowest BCUT2D eigenvalue weighted by Crippen LogP contribution is -2.40. The average Bonchev–Trinajstić information content (AvgIpc) is 2.41. The maximum absolute atomic E-state index is 12.6. The highest BCUT2D eigenvalue weighted by atomic mass is 79.9. The molecule has 0 fully saturated rings. The van der Waals surface area contributed by atoms with Crippen molar-refractivity contribution in [2.24, 2.45) is 0 Å². The van der Waals surface area contributed by atoms with E-state index in [-0.39, 0.29) is 16.6 Å². The van der Waals surface area contributed by atoms with Crippen LogP contribution in [0.4, 0.5) is 13.2 Å². The number of pyridine rings is 1. The number of nitrogens with zero attached hydrogens (tertiary/aromatic N) is 2. The molecule has 0 aliphatic heterocycles. The number of amides is 1. The van der Waals surface area contributed by atoms with Crippen molar-refractivity contribution in [2.75, 3.05) is 20.2 Å². The van der Waals surface area contributed by atoms with E-state index in [1.807, 2.05) is 0 Å². The number of carbonyl (C=O) groups excluding carboxylic acids is 2. The van der Waals surface area contributed by atoms with Crippen molar-refractivity contribution in [3.63, 3.8) is 0 Å². The monoisotopic (exact) mass is 368 g/mol. The number of esters is 1. The number of rotatable bonds is 5. The number of methoxy groups -OCH3 is 1. The molecule has 0 radical (unpaired) electrons. The Morgan fingerprint density at radius 1 is 1.43 bits per heavy atom. The van der Waals surface area contributed by atoms with Gasteiger partial charge in [0.15, 0.2) is 0 Å². The fourth-order valence-corrected chi connectivity index (χ4v) is 1.93. The first kappa shape index (κ1) is 17.4. The smallest absolute Gasteiger partial charge is 0.406 e. The van der Waals surface area contributed by atoms with Crippen molar-refractivity contribution in [1.29, 1.82) is 0 Å². The summed E-state index contributed by atoms with van der Waals surface area (Å²) >= 11 is 3.01. The Morgan fingerprint density at radius 3 is 2.62 bits per heavy atom. The lowest BCUT2D eigenvalue weighted by molar-refractivity contribution is -0.147. The highest BCUT2D eigenvalue weighted by Gasteiger charge is 2.34. The fourth-order valence-electron chi connectivity index (χ4n) is 1.51. The molecule has 1 rings (SSSR count). The quantitative estimate of drug-likeness (QED) is 0.591. The minimum absolute atomic E-state index is 0.00776. The minimum Gasteiger partial charge on any atom is -0.469 e. The SMILES string of the molecule is COC(=O)CCN(CC(F)(F)F)C(=O)c1cccnc1Br. The first-order chi connectivity index (χ1) is 9.74. The van der Waals surface area contributed by atoms with Crippen LogP contribution in [0.3, 0.4) is 0 Å². The van der Waals surface area contributed by atoms with Crippen molar-refractivity contribution < 1.29 is 27.5 Å². The Balaban J connectivity index is 2.92. The van der Waals surface area contributed by atoms with Crippen molar-refractivity contribution >= 4 is 27.8 Å². The van der Waals surface area contributed by atoms with E-state index in [0.29, 0.717) is 4.90 Å². The summed E-state index contributed by atoms with van der Waals surface area (Å²) in [6, 6.07) is 2.78. The summed E-state index contributed by atoms with van der Waals surface area (Å²) in [7, 11) is 1.12. The number of hydrogen-bond acceptors (Lipinski definition) is 4. The number of hydrogen-bond donors (Lipinski definition) is 0. The number of halogens is 4. The van der Waals surface area contributed by atoms with Gasteiger partial charge < -0.3 is 9.64 Å². The second-order valence-corrected chi connectivity index (χ2v) is 4.76. The second-order valence-electron chi connectivity index (χ2n) is 4.01. The van der Waals surface area contributed by atoms with Crippen LogP contribution in [0, 0.1) is 0 Å². The Kier molecular flexibility index (Phi) is 6.13. The molecule has 116 valence electrons. The fraction of sp³-hybridized carbons (Fsp3) is 0.417. The molecular formula is C12H12BrF3N2O3. The Morgan fingerprint density at radius 2 is 2.10 bits per heavy atom. The van der Waals surface area contributed by atoms with Crippen LogP contribution in [0.25, 0.3) is 0 Å². The van der Waals surface area contributed by atoms with Gasteiger partial charge >= 0.3 is 12.1 Å². The molecule has 0 N–H and O–H groups in total. The third-order valence-electron chi connectivity index (χ3n) is 2.46. The molecule has 1 amide bonds. The lowest BCUT2D eigenvalue weighted by atomic mass is 10.2. The third kappa shape index (κ3) is 5.70. The van der Waals surface area contributed by atoms with Crippen LogP contribution < -0.4 is 0 Å². The Labute approximate surface area is 127 Å². The molecule has 5 nitrogen and oxygen atoms in total. The molecule has 0 aliphatic rings. The largest absolute Gasteiger partial charge is 0.469 e. The summed E-state index contributed by atoms with van der Waals surface area (Å²) in [5.41, 5.74) is -0.00776. The molecule has 21 heavy (non-hydrogen) atoms. The first-order valence-corrected chi connectivity index (χ1v) is 6.57. The zero-order valence-corrected chi connectivity index (χ0v) is 12.6. The van der Waals surface area contributed by atoms with Gasteiger partial charge in [0.05, 0.1) is 19.1 Å². The summed E-state index contributed by atoms with van der Waals surface area (Å²) in [4.78, 5) is 27.5. The molecule has 0 unspecified atom stereocenters. The van der Waals surface area contributed by atoms with Crippen LogP contribution in [0.15, 0.2) is 22.9 Å². The van der Waals surface area contributed by atoms with Gasteiger partial charge in [-0.25, -0.2) is 4.98 Å². The van der Waals surface area contributed by atoms with Gasteiger partial charge in [0.25, 0.3) is 5.91 Å². The van der Waals surface area contributed by atoms with Gasteiger partial charge in [-0.05, 0) is 28.1 Å². The highest BCUT2D eigenvalue weighted by molar-refractivity contribution is 9.10. The average molecular weight is 369 g/mol. The van der Waals surface area contributed by atoms with E-state index < -0.39 is 31.1 Å². The number of ether oxygens (including phenoxy) is 1. The van der Waals surface area contributed by atoms with Gasteiger partial charge in [-0.2, -0.15) is 13.2 Å². The third-order valence-corrected chi connectivity index (χ3v) is 3.09.